The van der Waals surface area contributed by atoms with Gasteiger partial charge in [-0.1, -0.05) is 52.0 Å². The maximum absolute atomic E-state index is 13.4. The second kappa shape index (κ2) is 17.9. The van der Waals surface area contributed by atoms with Gasteiger partial charge in [0.25, 0.3) is 11.1 Å². The highest BCUT2D eigenvalue weighted by atomic mass is 32.1. The zero-order valence-corrected chi connectivity index (χ0v) is 37.3. The van der Waals surface area contributed by atoms with Gasteiger partial charge in [-0.05, 0) is 71.8 Å². The highest BCUT2D eigenvalue weighted by Crippen LogP contribution is 2.51. The van der Waals surface area contributed by atoms with Crippen LogP contribution in [-0.4, -0.2) is 53.4 Å². The fraction of sp³-hybridized carbons (Fsp3) is 0.268. The molecule has 20 heteroatoms. The molecule has 2 aliphatic rings. The van der Waals surface area contributed by atoms with Crippen molar-refractivity contribution in [2.45, 2.75) is 53.6 Å². The Kier molecular flexibility index (Phi) is 12.8. The second-order valence-electron chi connectivity index (χ2n) is 15.0. The SMILES string of the molecule is CC(C)CCn1nc(-c2ccsc2)c(O)c(C2=NP(=O)(O)c3ccccc3N2)c1=O.COP1(=O)N=C(c2c(O)c(-c3ccsc3)nn(CCC(C)C)c2=O)Nc2ccccc21. The Morgan fingerprint density at radius 2 is 1.13 bits per heavy atom. The molecule has 8 rings (SSSR count). The van der Waals surface area contributed by atoms with Crippen LogP contribution in [0.3, 0.4) is 0 Å². The first-order valence-electron chi connectivity index (χ1n) is 19.3. The molecule has 6 heterocycles. The molecule has 5 N–H and O–H groups in total. The number of para-hydroxylation sites is 2. The predicted octanol–water partition coefficient (Wildman–Crippen LogP) is 7.47. The molecule has 0 saturated heterocycles. The number of rotatable bonds is 11. The van der Waals surface area contributed by atoms with Gasteiger partial charge in [0, 0.05) is 42.1 Å². The molecule has 2 aromatic carbocycles. The van der Waals surface area contributed by atoms with Gasteiger partial charge in [-0.3, -0.25) is 18.7 Å². The Hall–Kier alpha value is -5.48. The molecular formula is C41H44N8O8P2S2. The first-order valence-corrected chi connectivity index (χ1v) is 24.4. The molecule has 0 bridgehead atoms. The lowest BCUT2D eigenvalue weighted by Gasteiger charge is -2.24. The van der Waals surface area contributed by atoms with E-state index in [9.17, 15) is 33.8 Å². The van der Waals surface area contributed by atoms with Gasteiger partial charge in [-0.2, -0.15) is 42.4 Å². The number of fused-ring (bicyclic) bond motifs is 2. The Balaban J connectivity index is 0.000000184. The lowest BCUT2D eigenvalue weighted by molar-refractivity contribution is 0.404. The fourth-order valence-electron chi connectivity index (χ4n) is 6.51. The molecule has 0 spiro atoms. The number of aromatic hydroxyl groups is 2. The van der Waals surface area contributed by atoms with Crippen LogP contribution in [-0.2, 0) is 26.7 Å². The van der Waals surface area contributed by atoms with Crippen molar-refractivity contribution >= 4 is 71.4 Å². The fourth-order valence-corrected chi connectivity index (χ4v) is 10.5. The Labute approximate surface area is 359 Å². The van der Waals surface area contributed by atoms with Gasteiger partial charge < -0.3 is 30.3 Å². The topological polar surface area (TPSA) is 223 Å². The van der Waals surface area contributed by atoms with Crippen LogP contribution in [0.4, 0.5) is 11.4 Å². The normalized spacial score (nSPS) is 18.0. The summed E-state index contributed by atoms with van der Waals surface area (Å²) in [5, 5.41) is 44.7. The molecule has 0 fully saturated rings. The third kappa shape index (κ3) is 8.96. The number of thiophene rings is 2. The quantitative estimate of drug-likeness (QED) is 0.0800. The molecule has 4 aromatic heterocycles. The maximum Gasteiger partial charge on any atom is 0.348 e. The molecule has 0 saturated carbocycles. The molecule has 2 aliphatic heterocycles. The summed E-state index contributed by atoms with van der Waals surface area (Å²) in [6.07, 6.45) is 1.45. The minimum Gasteiger partial charge on any atom is -0.505 e. The average molecular weight is 903 g/mol. The summed E-state index contributed by atoms with van der Waals surface area (Å²) in [5.74, 6) is -0.110. The van der Waals surface area contributed by atoms with Gasteiger partial charge in [0.2, 0.25) is 0 Å². The molecule has 318 valence electrons. The molecule has 2 atom stereocenters. The van der Waals surface area contributed by atoms with Crippen LogP contribution in [0.1, 0.15) is 51.7 Å². The van der Waals surface area contributed by atoms with E-state index in [0.717, 1.165) is 6.42 Å². The first kappa shape index (κ1) is 43.6. The number of aryl methyl sites for hydroxylation is 2. The summed E-state index contributed by atoms with van der Waals surface area (Å²) in [7, 11) is -6.42. The Morgan fingerprint density at radius 1 is 0.689 bits per heavy atom. The van der Waals surface area contributed by atoms with Crippen LogP contribution in [0.25, 0.3) is 22.5 Å². The van der Waals surface area contributed by atoms with Gasteiger partial charge in [-0.15, -0.1) is 0 Å². The molecular weight excluding hydrogens is 859 g/mol. The Bertz CT molecular complexity index is 2870. The van der Waals surface area contributed by atoms with E-state index in [1.807, 2.05) is 41.4 Å². The molecule has 6 aromatic rings. The summed E-state index contributed by atoms with van der Waals surface area (Å²) in [6, 6.07) is 17.0. The lowest BCUT2D eigenvalue weighted by atomic mass is 10.1. The molecule has 2 unspecified atom stereocenters. The van der Waals surface area contributed by atoms with Crippen molar-refractivity contribution in [1.82, 2.24) is 19.6 Å². The number of nitrogens with zero attached hydrogens (tertiary/aromatic N) is 6. The Morgan fingerprint density at radius 3 is 1.57 bits per heavy atom. The number of amidine groups is 2. The summed E-state index contributed by atoms with van der Waals surface area (Å²) in [4.78, 5) is 37.0. The van der Waals surface area contributed by atoms with Crippen LogP contribution < -0.4 is 32.4 Å². The average Bonchev–Trinajstić information content (AvgIpc) is 3.97. The van der Waals surface area contributed by atoms with Crippen LogP contribution in [0, 0.1) is 11.8 Å². The van der Waals surface area contributed by atoms with Crippen LogP contribution in [0.15, 0.2) is 101 Å². The standard InChI is InChI=1S/C21H23N4O4PS.C20H21N4O4PS/c1-13(2)8-10-25-21(27)17(19(26)18(23-25)14-9-11-31-12-14)20-22-15-6-4-5-7-16(15)30(28,24-20)29-3;1-12(2)7-9-24-20(26)16(18(25)17(22-24)13-8-10-30-11-13)19-21-14-5-3-4-6-15(14)29(27,28)23-19/h4-7,9,11-13,26H,8,10H2,1-3H3,(H,22,24,28);3-6,8,10-12,25H,7,9H2,1-2H3,(H2,21,23,27,28). The van der Waals surface area contributed by atoms with E-state index < -0.39 is 26.2 Å². The first-order chi connectivity index (χ1) is 29.1. The number of hydrogen-bond acceptors (Lipinski definition) is 13. The van der Waals surface area contributed by atoms with Crippen molar-refractivity contribution in [2.24, 2.45) is 21.4 Å². The smallest absolute Gasteiger partial charge is 0.348 e. The number of benzene rings is 2. The number of hydrogen-bond donors (Lipinski definition) is 5. The predicted molar refractivity (Wildman–Crippen MR) is 243 cm³/mol. The van der Waals surface area contributed by atoms with Gasteiger partial charge in [0.1, 0.15) is 22.5 Å². The maximum atomic E-state index is 13.4. The monoisotopic (exact) mass is 902 g/mol. The minimum atomic E-state index is -4.11. The van der Waals surface area contributed by atoms with E-state index in [2.05, 4.69) is 44.2 Å². The molecule has 61 heavy (non-hydrogen) atoms. The van der Waals surface area contributed by atoms with Crippen LogP contribution in [0.2, 0.25) is 0 Å². The largest absolute Gasteiger partial charge is 0.505 e. The van der Waals surface area contributed by atoms with E-state index in [1.54, 1.807) is 48.5 Å². The zero-order valence-electron chi connectivity index (χ0n) is 33.8. The minimum absolute atomic E-state index is 0.00330. The van der Waals surface area contributed by atoms with E-state index in [4.69, 9.17) is 4.52 Å². The van der Waals surface area contributed by atoms with Crippen molar-refractivity contribution in [2.75, 3.05) is 17.7 Å². The number of aromatic nitrogens is 4. The molecule has 0 aliphatic carbocycles. The van der Waals surface area contributed by atoms with Gasteiger partial charge in [0.05, 0.1) is 22.0 Å². The highest BCUT2D eigenvalue weighted by molar-refractivity contribution is 7.66. The zero-order chi connectivity index (χ0) is 43.6. The lowest BCUT2D eigenvalue weighted by Crippen LogP contribution is -2.35. The van der Waals surface area contributed by atoms with E-state index in [-0.39, 0.29) is 51.0 Å². The van der Waals surface area contributed by atoms with Crippen molar-refractivity contribution in [1.29, 1.82) is 0 Å². The third-order valence-corrected chi connectivity index (χ3v) is 14.6. The molecule has 0 radical (unpaired) electrons. The summed E-state index contributed by atoms with van der Waals surface area (Å²) < 4.78 is 42.3. The van der Waals surface area contributed by atoms with Crippen molar-refractivity contribution < 1.29 is 28.8 Å². The van der Waals surface area contributed by atoms with Crippen LogP contribution in [0.5, 0.6) is 11.5 Å². The van der Waals surface area contributed by atoms with Gasteiger partial charge in [-0.25, -0.2) is 9.36 Å². The second-order valence-corrected chi connectivity index (χ2v) is 20.4. The van der Waals surface area contributed by atoms with E-state index >= 15 is 0 Å². The van der Waals surface area contributed by atoms with Crippen LogP contribution >= 0.6 is 37.7 Å². The summed E-state index contributed by atoms with van der Waals surface area (Å²) in [6.45, 7) is 8.93. The van der Waals surface area contributed by atoms with Crippen molar-refractivity contribution in [3.8, 4) is 34.0 Å². The number of nitrogens with one attached hydrogen (secondary N) is 2. The van der Waals surface area contributed by atoms with Crippen molar-refractivity contribution in [3.05, 3.63) is 114 Å². The number of anilines is 2. The van der Waals surface area contributed by atoms with Gasteiger partial charge >= 0.3 is 15.0 Å². The third-order valence-electron chi connectivity index (χ3n) is 9.81. The summed E-state index contributed by atoms with van der Waals surface area (Å²) in [5.41, 5.74) is 1.40. The van der Waals surface area contributed by atoms with Crippen molar-refractivity contribution in [3.63, 3.8) is 0 Å². The van der Waals surface area contributed by atoms with E-state index in [1.165, 1.54) is 45.2 Å². The van der Waals surface area contributed by atoms with E-state index in [0.29, 0.717) is 59.2 Å². The molecule has 0 amide bonds. The summed E-state index contributed by atoms with van der Waals surface area (Å²) >= 11 is 2.89. The highest BCUT2D eigenvalue weighted by Gasteiger charge is 2.36. The van der Waals surface area contributed by atoms with Gasteiger partial charge in [0.15, 0.2) is 23.2 Å². The molecule has 16 nitrogen and oxygen atoms in total.